The van der Waals surface area contributed by atoms with Crippen molar-refractivity contribution in [2.75, 3.05) is 16.8 Å². The highest BCUT2D eigenvalue weighted by Crippen LogP contribution is 2.14. The first-order valence-electron chi connectivity index (χ1n) is 3.20. The van der Waals surface area contributed by atoms with Gasteiger partial charge < -0.3 is 0 Å². The normalized spacial score (nSPS) is 21.7. The summed E-state index contributed by atoms with van der Waals surface area (Å²) in [5.74, 6) is 0. The minimum absolute atomic E-state index is 0.213. The lowest BCUT2D eigenvalue weighted by atomic mass is 10.4. The van der Waals surface area contributed by atoms with Gasteiger partial charge in [-0.25, -0.2) is 12.7 Å². The maximum absolute atomic E-state index is 11.1. The molecule has 5 heteroatoms. The molecule has 0 aliphatic carbocycles. The van der Waals surface area contributed by atoms with E-state index < -0.39 is 10.0 Å². The largest absolute Gasteiger partial charge is 0.223 e. The summed E-state index contributed by atoms with van der Waals surface area (Å²) < 4.78 is 24.0. The number of nitrogens with zero attached hydrogens (tertiary/aromatic N) is 1. The number of sulfonamides is 1. The predicted molar refractivity (Wildman–Crippen MR) is 48.6 cm³/mol. The van der Waals surface area contributed by atoms with Crippen molar-refractivity contribution < 1.29 is 8.42 Å². The zero-order valence-corrected chi connectivity index (χ0v) is 8.56. The molecule has 1 rings (SSSR count). The van der Waals surface area contributed by atoms with E-state index in [1.54, 1.807) is 4.31 Å². The molecule has 0 bridgehead atoms. The van der Waals surface area contributed by atoms with Crippen molar-refractivity contribution in [3.63, 3.8) is 0 Å². The first-order chi connectivity index (χ1) is 4.67. The summed E-state index contributed by atoms with van der Waals surface area (Å²) in [7, 11) is -2.88. The van der Waals surface area contributed by atoms with E-state index in [9.17, 15) is 8.42 Å². The number of rotatable bonds is 2. The molecule has 0 aromatic rings. The Morgan fingerprint density at radius 3 is 2.20 bits per heavy atom. The fourth-order valence-electron chi connectivity index (χ4n) is 1.04. The number of halogens is 1. The monoisotopic (exact) mass is 275 g/mol. The van der Waals surface area contributed by atoms with Gasteiger partial charge in [0.1, 0.15) is 3.76 Å². The quantitative estimate of drug-likeness (QED) is 0.552. The Balaban J connectivity index is 2.63. The molecule has 10 heavy (non-hydrogen) atoms. The maximum atomic E-state index is 11.1. The first kappa shape index (κ1) is 8.73. The molecule has 1 aliphatic heterocycles. The Kier molecular flexibility index (Phi) is 2.93. The molecule has 1 fully saturated rings. The lowest BCUT2D eigenvalue weighted by Crippen LogP contribution is -2.28. The van der Waals surface area contributed by atoms with Crippen LogP contribution in [-0.2, 0) is 10.0 Å². The summed E-state index contributed by atoms with van der Waals surface area (Å²) in [5, 5.41) is 0. The van der Waals surface area contributed by atoms with Crippen LogP contribution in [0.15, 0.2) is 0 Å². The van der Waals surface area contributed by atoms with E-state index >= 15 is 0 Å². The molecule has 60 valence electrons. The van der Waals surface area contributed by atoms with Crippen LogP contribution in [0.25, 0.3) is 0 Å². The second-order valence-corrected chi connectivity index (χ2v) is 6.09. The summed E-state index contributed by atoms with van der Waals surface area (Å²) in [4.78, 5) is 0. The van der Waals surface area contributed by atoms with Crippen LogP contribution in [0.4, 0.5) is 0 Å². The molecule has 0 N–H and O–H groups in total. The molecule has 0 radical (unpaired) electrons. The van der Waals surface area contributed by atoms with Gasteiger partial charge in [-0.05, 0) is 12.8 Å². The predicted octanol–water partition coefficient (Wildman–Crippen LogP) is 0.805. The van der Waals surface area contributed by atoms with Crippen LogP contribution >= 0.6 is 22.6 Å². The van der Waals surface area contributed by atoms with Gasteiger partial charge >= 0.3 is 0 Å². The van der Waals surface area contributed by atoms with Crippen molar-refractivity contribution >= 4 is 32.6 Å². The summed E-state index contributed by atoms with van der Waals surface area (Å²) in [6.45, 7) is 1.46. The zero-order chi connectivity index (χ0) is 7.61. The Bertz CT molecular complexity index is 196. The van der Waals surface area contributed by atoms with E-state index in [0.717, 1.165) is 25.9 Å². The number of hydrogen-bond acceptors (Lipinski definition) is 2. The minimum atomic E-state index is -2.88. The van der Waals surface area contributed by atoms with Crippen LogP contribution in [0.2, 0.25) is 0 Å². The molecule has 0 amide bonds. The molecule has 1 heterocycles. The van der Waals surface area contributed by atoms with Crippen molar-refractivity contribution in [3.05, 3.63) is 0 Å². The Morgan fingerprint density at radius 2 is 1.80 bits per heavy atom. The van der Waals surface area contributed by atoms with Crippen LogP contribution in [0.5, 0.6) is 0 Å². The van der Waals surface area contributed by atoms with Crippen molar-refractivity contribution in [2.24, 2.45) is 0 Å². The minimum Gasteiger partial charge on any atom is -0.211 e. The molecule has 0 unspecified atom stereocenters. The molecule has 0 aromatic heterocycles. The lowest BCUT2D eigenvalue weighted by molar-refractivity contribution is 0.482. The molecular weight excluding hydrogens is 265 g/mol. The SMILES string of the molecule is O=S(=O)(CI)N1CCCC1. The van der Waals surface area contributed by atoms with E-state index in [2.05, 4.69) is 0 Å². The van der Waals surface area contributed by atoms with Crippen LogP contribution in [0.1, 0.15) is 12.8 Å². The molecule has 0 saturated carbocycles. The molecule has 1 saturated heterocycles. The third kappa shape index (κ3) is 1.82. The van der Waals surface area contributed by atoms with Crippen molar-refractivity contribution in [1.29, 1.82) is 0 Å². The second kappa shape index (κ2) is 3.36. The van der Waals surface area contributed by atoms with Gasteiger partial charge in [0, 0.05) is 13.1 Å². The topological polar surface area (TPSA) is 37.4 Å². The molecule has 0 spiro atoms. The number of alkyl halides is 1. The van der Waals surface area contributed by atoms with Crippen molar-refractivity contribution in [3.8, 4) is 0 Å². The molecule has 3 nitrogen and oxygen atoms in total. The fourth-order valence-corrected chi connectivity index (χ4v) is 3.17. The van der Waals surface area contributed by atoms with E-state index in [4.69, 9.17) is 0 Å². The molecule has 0 aromatic carbocycles. The summed E-state index contributed by atoms with van der Waals surface area (Å²) in [5.41, 5.74) is 0. The van der Waals surface area contributed by atoms with Crippen LogP contribution in [-0.4, -0.2) is 29.6 Å². The van der Waals surface area contributed by atoms with E-state index in [-0.39, 0.29) is 3.76 Å². The Morgan fingerprint density at radius 1 is 1.30 bits per heavy atom. The standard InChI is InChI=1S/C5H10INO2S/c6-5-10(8,9)7-3-1-2-4-7/h1-5H2. The van der Waals surface area contributed by atoms with Gasteiger partial charge in [0.15, 0.2) is 0 Å². The van der Waals surface area contributed by atoms with Gasteiger partial charge in [-0.2, -0.15) is 0 Å². The smallest absolute Gasteiger partial charge is 0.211 e. The van der Waals surface area contributed by atoms with Crippen molar-refractivity contribution in [1.82, 2.24) is 4.31 Å². The van der Waals surface area contributed by atoms with Gasteiger partial charge in [0.2, 0.25) is 10.0 Å². The summed E-state index contributed by atoms with van der Waals surface area (Å²) in [6.07, 6.45) is 2.05. The van der Waals surface area contributed by atoms with Gasteiger partial charge in [-0.15, -0.1) is 0 Å². The van der Waals surface area contributed by atoms with Gasteiger partial charge in [0.05, 0.1) is 0 Å². The van der Waals surface area contributed by atoms with E-state index in [1.807, 2.05) is 22.6 Å². The van der Waals surface area contributed by atoms with E-state index in [0.29, 0.717) is 0 Å². The maximum Gasteiger partial charge on any atom is 0.223 e. The Hall–Kier alpha value is 0.640. The van der Waals surface area contributed by atoms with E-state index in [1.165, 1.54) is 0 Å². The van der Waals surface area contributed by atoms with Crippen LogP contribution in [0.3, 0.4) is 0 Å². The van der Waals surface area contributed by atoms with Crippen molar-refractivity contribution in [2.45, 2.75) is 12.8 Å². The molecular formula is C5H10INO2S. The van der Waals surface area contributed by atoms with Gasteiger partial charge in [-0.3, -0.25) is 0 Å². The van der Waals surface area contributed by atoms with Crippen LogP contribution < -0.4 is 0 Å². The van der Waals surface area contributed by atoms with Gasteiger partial charge in [-0.1, -0.05) is 22.6 Å². The number of hydrogen-bond donors (Lipinski definition) is 0. The highest BCUT2D eigenvalue weighted by Gasteiger charge is 2.23. The average molecular weight is 275 g/mol. The second-order valence-electron chi connectivity index (χ2n) is 2.33. The summed E-state index contributed by atoms with van der Waals surface area (Å²) >= 11 is 1.89. The van der Waals surface area contributed by atoms with Gasteiger partial charge in [0.25, 0.3) is 0 Å². The zero-order valence-electron chi connectivity index (χ0n) is 5.59. The first-order valence-corrected chi connectivity index (χ1v) is 6.34. The highest BCUT2D eigenvalue weighted by molar-refractivity contribution is 14.1. The van der Waals surface area contributed by atoms with Crippen LogP contribution in [0, 0.1) is 0 Å². The highest BCUT2D eigenvalue weighted by atomic mass is 127. The fraction of sp³-hybridized carbons (Fsp3) is 1.00. The summed E-state index contributed by atoms with van der Waals surface area (Å²) in [6, 6.07) is 0. The average Bonchev–Trinajstić information content (AvgIpc) is 2.38. The lowest BCUT2D eigenvalue weighted by Gasteiger charge is -2.11. The molecule has 0 atom stereocenters. The third-order valence-corrected chi connectivity index (χ3v) is 5.39. The molecule has 1 aliphatic rings. The third-order valence-electron chi connectivity index (χ3n) is 1.60. The Labute approximate surface area is 75.0 Å².